The molecule has 0 fully saturated rings. The second kappa shape index (κ2) is 49.7. The Morgan fingerprint density at radius 2 is 0.286 bits per heavy atom. The Morgan fingerprint density at radius 1 is 0.286 bits per heavy atom. The number of hydrogen-bond acceptors (Lipinski definition) is 0. The molecule has 0 aliphatic heterocycles. The van der Waals surface area contributed by atoms with Crippen molar-refractivity contribution in [1.82, 2.24) is 0 Å². The first-order valence-electron chi connectivity index (χ1n) is 0. The van der Waals surface area contributed by atoms with E-state index in [9.17, 15) is 0 Å². The SMILES string of the molecule is [Fe].[Fe].[Fe].[GaH3].[GaH3].[GaH3].[GaH3]. The molecule has 7 heavy (non-hydrogen) atoms. The summed E-state index contributed by atoms with van der Waals surface area (Å²) >= 11 is 0. The van der Waals surface area contributed by atoms with Crippen molar-refractivity contribution in [3.05, 3.63) is 0 Å². The summed E-state index contributed by atoms with van der Waals surface area (Å²) in [6, 6.07) is 0. The van der Waals surface area contributed by atoms with Crippen LogP contribution in [0, 0.1) is 0 Å². The number of rotatable bonds is 0. The Labute approximate surface area is 128 Å². The molecular formula is H12Fe3Ga4. The molecule has 0 atom stereocenters. The van der Waals surface area contributed by atoms with Gasteiger partial charge in [0.15, 0.2) is 0 Å². The quantitative estimate of drug-likeness (QED) is 0.320. The van der Waals surface area contributed by atoms with E-state index < -0.39 is 0 Å². The van der Waals surface area contributed by atoms with Crippen LogP contribution in [0.5, 0.6) is 0 Å². The third-order valence-electron chi connectivity index (χ3n) is 0. The van der Waals surface area contributed by atoms with Crippen LogP contribution in [0.4, 0.5) is 0 Å². The third kappa shape index (κ3) is 39.4. The zero-order chi connectivity index (χ0) is 0. The molecule has 0 spiro atoms. The Kier molecular flexibility index (Phi) is 478. The van der Waals surface area contributed by atoms with Crippen LogP contribution in [0.3, 0.4) is 0 Å². The van der Waals surface area contributed by atoms with Gasteiger partial charge in [0.25, 0.3) is 0 Å². The monoisotopic (exact) mass is 456 g/mol. The van der Waals surface area contributed by atoms with Crippen molar-refractivity contribution >= 4 is 79.2 Å². The Balaban J connectivity index is 0. The molecule has 0 nitrogen and oxygen atoms in total. The molecule has 0 N–H and O–H groups in total. The fourth-order valence-corrected chi connectivity index (χ4v) is 0. The molecule has 0 radical (unpaired) electrons. The van der Waals surface area contributed by atoms with E-state index in [0.717, 1.165) is 0 Å². The topological polar surface area (TPSA) is 0 Å². The molecule has 48 valence electrons. The van der Waals surface area contributed by atoms with Gasteiger partial charge in [0.2, 0.25) is 0 Å². The molecule has 0 aliphatic carbocycles. The van der Waals surface area contributed by atoms with Gasteiger partial charge in [-0.15, -0.1) is 0 Å². The molecule has 0 heterocycles. The maximum atomic E-state index is 0. The third-order valence-corrected chi connectivity index (χ3v) is 0. The molecule has 0 saturated carbocycles. The Morgan fingerprint density at radius 3 is 0.286 bits per heavy atom. The zero-order valence-electron chi connectivity index (χ0n) is 1.06. The van der Waals surface area contributed by atoms with Gasteiger partial charge in [-0.3, -0.25) is 0 Å². The van der Waals surface area contributed by atoms with Gasteiger partial charge in [0.05, 0.1) is 0 Å². The van der Waals surface area contributed by atoms with E-state index in [4.69, 9.17) is 0 Å². The van der Waals surface area contributed by atoms with Crippen molar-refractivity contribution in [3.8, 4) is 0 Å². The molecule has 0 saturated heterocycles. The van der Waals surface area contributed by atoms with Gasteiger partial charge < -0.3 is 0 Å². The molecule has 0 rings (SSSR count). The first kappa shape index (κ1) is 67.3. The van der Waals surface area contributed by atoms with Gasteiger partial charge in [0.1, 0.15) is 0 Å². The van der Waals surface area contributed by atoms with E-state index in [0.29, 0.717) is 0 Å². The molecule has 0 aromatic carbocycles. The van der Waals surface area contributed by atoms with E-state index >= 15 is 0 Å². The predicted molar refractivity (Wildman–Crippen MR) is 39.8 cm³/mol. The fourth-order valence-electron chi connectivity index (χ4n) is 0. The molecule has 0 amide bonds. The summed E-state index contributed by atoms with van der Waals surface area (Å²) in [4.78, 5) is 0. The average Bonchev–Trinajstić information content (AvgIpc) is 0. The summed E-state index contributed by atoms with van der Waals surface area (Å²) in [5, 5.41) is 0. The van der Waals surface area contributed by atoms with Crippen LogP contribution in [0.25, 0.3) is 0 Å². The van der Waals surface area contributed by atoms with Crippen molar-refractivity contribution < 1.29 is 51.2 Å². The van der Waals surface area contributed by atoms with Gasteiger partial charge in [-0.05, 0) is 0 Å². The molecule has 0 unspecified atom stereocenters. The van der Waals surface area contributed by atoms with E-state index in [1.807, 2.05) is 0 Å². The van der Waals surface area contributed by atoms with Gasteiger partial charge in [-0.1, -0.05) is 0 Å². The molecule has 0 bridgehead atoms. The minimum absolute atomic E-state index is 0. The molecule has 0 aromatic heterocycles. The molecule has 7 heteroatoms. The van der Waals surface area contributed by atoms with E-state index in [-0.39, 0.29) is 130 Å². The van der Waals surface area contributed by atoms with E-state index in [1.165, 1.54) is 0 Å². The van der Waals surface area contributed by atoms with Crippen molar-refractivity contribution in [2.45, 2.75) is 0 Å². The second-order valence-corrected chi connectivity index (χ2v) is 0. The second-order valence-electron chi connectivity index (χ2n) is 0. The van der Waals surface area contributed by atoms with Crippen LogP contribution in [0.15, 0.2) is 0 Å². The molecular weight excluding hydrogens is 446 g/mol. The van der Waals surface area contributed by atoms with Crippen molar-refractivity contribution in [3.63, 3.8) is 0 Å². The predicted octanol–water partition coefficient (Wildman–Crippen LogP) is -4.74. The summed E-state index contributed by atoms with van der Waals surface area (Å²) in [6.07, 6.45) is 0. The van der Waals surface area contributed by atoms with Crippen LogP contribution in [-0.4, -0.2) is 79.2 Å². The molecule has 0 aliphatic rings. The maximum absolute atomic E-state index is 0. The summed E-state index contributed by atoms with van der Waals surface area (Å²) < 4.78 is 0. The van der Waals surface area contributed by atoms with Crippen molar-refractivity contribution in [1.29, 1.82) is 0 Å². The van der Waals surface area contributed by atoms with E-state index in [2.05, 4.69) is 0 Å². The summed E-state index contributed by atoms with van der Waals surface area (Å²) in [7, 11) is 0. The Hall–Kier alpha value is 4.10. The summed E-state index contributed by atoms with van der Waals surface area (Å²) in [5.41, 5.74) is 0. The Bertz CT molecular complexity index is 6.90. The average molecular weight is 459 g/mol. The van der Waals surface area contributed by atoms with E-state index in [1.54, 1.807) is 0 Å². The zero-order valence-corrected chi connectivity index (χ0v) is 4.37. The van der Waals surface area contributed by atoms with Crippen LogP contribution in [-0.2, 0) is 51.2 Å². The first-order chi connectivity index (χ1) is 0. The van der Waals surface area contributed by atoms with Crippen LogP contribution in [0.1, 0.15) is 0 Å². The van der Waals surface area contributed by atoms with Gasteiger partial charge in [-0.25, -0.2) is 0 Å². The van der Waals surface area contributed by atoms with Gasteiger partial charge >= 0.3 is 79.2 Å². The number of hydrogen-bond donors (Lipinski definition) is 0. The van der Waals surface area contributed by atoms with Gasteiger partial charge in [-0.2, -0.15) is 0 Å². The van der Waals surface area contributed by atoms with Crippen LogP contribution in [0.2, 0.25) is 0 Å². The minimum atomic E-state index is 0. The standard InChI is InChI=1S/3Fe.4Ga.12H. The van der Waals surface area contributed by atoms with Crippen molar-refractivity contribution in [2.24, 2.45) is 0 Å². The van der Waals surface area contributed by atoms with Crippen LogP contribution >= 0.6 is 0 Å². The fraction of sp³-hybridized carbons (Fsp3) is 0. The normalized spacial score (nSPS) is 0. The van der Waals surface area contributed by atoms with Gasteiger partial charge in [0, 0.05) is 51.2 Å². The first-order valence-corrected chi connectivity index (χ1v) is 0. The van der Waals surface area contributed by atoms with Crippen LogP contribution < -0.4 is 0 Å². The molecule has 0 aromatic rings. The van der Waals surface area contributed by atoms with Crippen molar-refractivity contribution in [2.75, 3.05) is 0 Å². The summed E-state index contributed by atoms with van der Waals surface area (Å²) in [6.45, 7) is 0. The summed E-state index contributed by atoms with van der Waals surface area (Å²) in [5.74, 6) is 0.